The van der Waals surface area contributed by atoms with Crippen LogP contribution in [0.4, 0.5) is 0 Å². The molecule has 1 aromatic heterocycles. The van der Waals surface area contributed by atoms with E-state index in [1.807, 2.05) is 0 Å². The minimum atomic E-state index is 0. The molecule has 2 N–H and O–H groups in total. The van der Waals surface area contributed by atoms with Crippen LogP contribution in [0, 0.1) is 0 Å². The van der Waals surface area contributed by atoms with Crippen LogP contribution in [-0.2, 0) is 0 Å². The van der Waals surface area contributed by atoms with Crippen molar-refractivity contribution in [1.29, 1.82) is 0 Å². The average Bonchev–Trinajstić information content (AvgIpc) is 2.25. The lowest BCUT2D eigenvalue weighted by atomic mass is 10.8. The average molecular weight is 253 g/mol. The number of hydrogen-bond acceptors (Lipinski definition) is 7. The van der Waals surface area contributed by atoms with Crippen LogP contribution in [0.25, 0.3) is 0 Å². The first-order chi connectivity index (χ1) is 6.80. The van der Waals surface area contributed by atoms with Crippen molar-refractivity contribution in [3.05, 3.63) is 0 Å². The number of thioether (sulfide) groups is 1. The van der Waals surface area contributed by atoms with Gasteiger partial charge >= 0.3 is 12.0 Å². The number of halogens is 1. The van der Waals surface area contributed by atoms with E-state index in [1.54, 1.807) is 0 Å². The van der Waals surface area contributed by atoms with Crippen molar-refractivity contribution < 1.29 is 9.47 Å². The molecule has 0 saturated heterocycles. The summed E-state index contributed by atoms with van der Waals surface area (Å²) in [7, 11) is 2.98. The van der Waals surface area contributed by atoms with Crippen molar-refractivity contribution >= 4 is 24.2 Å². The zero-order valence-corrected chi connectivity index (χ0v) is 10.1. The maximum absolute atomic E-state index is 5.36. The van der Waals surface area contributed by atoms with Gasteiger partial charge < -0.3 is 15.2 Å². The summed E-state index contributed by atoms with van der Waals surface area (Å²) in [6, 6.07) is 0.493. The maximum Gasteiger partial charge on any atom is 0.323 e. The van der Waals surface area contributed by atoms with E-state index in [2.05, 4.69) is 15.0 Å². The Kier molecular flexibility index (Phi) is 7.10. The molecule has 0 aliphatic heterocycles. The highest BCUT2D eigenvalue weighted by Gasteiger charge is 2.06. The van der Waals surface area contributed by atoms with Crippen LogP contribution >= 0.6 is 24.2 Å². The molecule has 1 aromatic rings. The Morgan fingerprint density at radius 1 is 1.13 bits per heavy atom. The van der Waals surface area contributed by atoms with E-state index < -0.39 is 0 Å². The lowest BCUT2D eigenvalue weighted by Crippen LogP contribution is -2.04. The highest BCUT2D eigenvalue weighted by Crippen LogP contribution is 2.17. The molecule has 1 heterocycles. The molecule has 1 rings (SSSR count). The Morgan fingerprint density at radius 3 is 2.07 bits per heavy atom. The van der Waals surface area contributed by atoms with Gasteiger partial charge in [-0.25, -0.2) is 0 Å². The quantitative estimate of drug-likeness (QED) is 0.758. The highest BCUT2D eigenvalue weighted by atomic mass is 35.5. The van der Waals surface area contributed by atoms with Crippen LogP contribution in [-0.4, -0.2) is 41.5 Å². The summed E-state index contributed by atoms with van der Waals surface area (Å²) < 4.78 is 9.78. The second-order valence-corrected chi connectivity index (χ2v) is 3.29. The number of methoxy groups -OCH3 is 2. The summed E-state index contributed by atoms with van der Waals surface area (Å²) >= 11 is 1.43. The van der Waals surface area contributed by atoms with E-state index in [-0.39, 0.29) is 24.4 Å². The fourth-order valence-corrected chi connectivity index (χ4v) is 1.30. The molecule has 0 aliphatic rings. The van der Waals surface area contributed by atoms with Gasteiger partial charge in [-0.05, 0) is 0 Å². The molecule has 0 aliphatic carbocycles. The first kappa shape index (κ1) is 14.2. The third-order valence-electron chi connectivity index (χ3n) is 1.29. The zero-order valence-electron chi connectivity index (χ0n) is 8.47. The highest BCUT2D eigenvalue weighted by molar-refractivity contribution is 7.99. The molecule has 0 spiro atoms. The van der Waals surface area contributed by atoms with Crippen molar-refractivity contribution in [1.82, 2.24) is 15.0 Å². The molecular weight excluding hydrogens is 240 g/mol. The van der Waals surface area contributed by atoms with Crippen molar-refractivity contribution in [2.75, 3.05) is 26.5 Å². The van der Waals surface area contributed by atoms with Gasteiger partial charge in [0, 0.05) is 12.3 Å². The van der Waals surface area contributed by atoms with Crippen LogP contribution in [0.5, 0.6) is 12.0 Å². The van der Waals surface area contributed by atoms with Crippen LogP contribution < -0.4 is 15.2 Å². The second kappa shape index (κ2) is 7.49. The summed E-state index contributed by atoms with van der Waals surface area (Å²) in [6.45, 7) is 0.570. The van der Waals surface area contributed by atoms with Gasteiger partial charge in [0.15, 0.2) is 5.16 Å². The molecule has 0 radical (unpaired) electrons. The Balaban J connectivity index is 0.00000196. The summed E-state index contributed by atoms with van der Waals surface area (Å²) in [6.07, 6.45) is 0. The molecule has 86 valence electrons. The van der Waals surface area contributed by atoms with E-state index >= 15 is 0 Å². The summed E-state index contributed by atoms with van der Waals surface area (Å²) in [5.41, 5.74) is 5.36. The van der Waals surface area contributed by atoms with Gasteiger partial charge in [0.2, 0.25) is 0 Å². The summed E-state index contributed by atoms with van der Waals surface area (Å²) in [5, 5.41) is 0.555. The maximum atomic E-state index is 5.36. The monoisotopic (exact) mass is 252 g/mol. The summed E-state index contributed by atoms with van der Waals surface area (Å²) in [4.78, 5) is 11.9. The largest absolute Gasteiger partial charge is 0.467 e. The van der Waals surface area contributed by atoms with E-state index in [4.69, 9.17) is 15.2 Å². The van der Waals surface area contributed by atoms with Crippen molar-refractivity contribution in [2.45, 2.75) is 5.16 Å². The molecular formula is C7H13ClN4O2S. The minimum absolute atomic E-state index is 0. The summed E-state index contributed by atoms with van der Waals surface area (Å²) in [5.74, 6) is 0.746. The van der Waals surface area contributed by atoms with Gasteiger partial charge in [-0.15, -0.1) is 17.4 Å². The van der Waals surface area contributed by atoms with Crippen LogP contribution in [0.1, 0.15) is 0 Å². The van der Waals surface area contributed by atoms with E-state index in [1.165, 1.54) is 26.0 Å². The van der Waals surface area contributed by atoms with Crippen molar-refractivity contribution in [3.63, 3.8) is 0 Å². The topological polar surface area (TPSA) is 83.2 Å². The number of aromatic nitrogens is 3. The van der Waals surface area contributed by atoms with E-state index in [9.17, 15) is 0 Å². The first-order valence-corrected chi connectivity index (χ1v) is 4.95. The van der Waals surface area contributed by atoms with Gasteiger partial charge in [-0.3, -0.25) is 0 Å². The predicted octanol–water partition coefficient (Wildman–Crippen LogP) is 0.361. The fourth-order valence-electron chi connectivity index (χ4n) is 0.718. The SMILES string of the molecule is COc1nc(OC)nc(SCCN)n1.Cl. The third-order valence-corrected chi connectivity index (χ3v) is 2.17. The number of nitrogens with zero attached hydrogens (tertiary/aromatic N) is 3. The number of hydrogen-bond donors (Lipinski definition) is 1. The lowest BCUT2D eigenvalue weighted by molar-refractivity contribution is 0.332. The molecule has 0 aromatic carbocycles. The van der Waals surface area contributed by atoms with Crippen LogP contribution in [0.2, 0.25) is 0 Å². The zero-order chi connectivity index (χ0) is 10.4. The number of nitrogens with two attached hydrogens (primary N) is 1. The second-order valence-electron chi connectivity index (χ2n) is 2.23. The van der Waals surface area contributed by atoms with Gasteiger partial charge in [-0.2, -0.15) is 9.97 Å². The Labute approximate surface area is 98.4 Å². The van der Waals surface area contributed by atoms with Crippen LogP contribution in [0.15, 0.2) is 5.16 Å². The van der Waals surface area contributed by atoms with Gasteiger partial charge in [0.25, 0.3) is 0 Å². The number of ether oxygens (including phenoxy) is 2. The predicted molar refractivity (Wildman–Crippen MR) is 60.0 cm³/mol. The molecule has 8 heteroatoms. The first-order valence-electron chi connectivity index (χ1n) is 3.97. The van der Waals surface area contributed by atoms with Gasteiger partial charge in [0.1, 0.15) is 0 Å². The Morgan fingerprint density at radius 2 is 1.67 bits per heavy atom. The third kappa shape index (κ3) is 4.50. The normalized spacial score (nSPS) is 9.27. The van der Waals surface area contributed by atoms with Crippen molar-refractivity contribution in [3.8, 4) is 12.0 Å². The number of rotatable bonds is 5. The van der Waals surface area contributed by atoms with E-state index in [0.29, 0.717) is 11.7 Å². The fraction of sp³-hybridized carbons (Fsp3) is 0.571. The molecule has 0 amide bonds. The smallest absolute Gasteiger partial charge is 0.323 e. The molecule has 0 fully saturated rings. The standard InChI is InChI=1S/C7H12N4O2S.ClH/c1-12-5-9-6(13-2)11-7(10-5)14-4-3-8;/h3-4,8H2,1-2H3;1H. The van der Waals surface area contributed by atoms with Crippen molar-refractivity contribution in [2.24, 2.45) is 5.73 Å². The minimum Gasteiger partial charge on any atom is -0.467 e. The lowest BCUT2D eigenvalue weighted by Gasteiger charge is -2.03. The van der Waals surface area contributed by atoms with Gasteiger partial charge in [-0.1, -0.05) is 11.8 Å². The van der Waals surface area contributed by atoms with Gasteiger partial charge in [0.05, 0.1) is 14.2 Å². The molecule has 0 saturated carbocycles. The molecule has 0 unspecified atom stereocenters. The Hall–Kier alpha value is -0.790. The molecule has 0 bridgehead atoms. The molecule has 0 atom stereocenters. The molecule has 15 heavy (non-hydrogen) atoms. The van der Waals surface area contributed by atoms with E-state index in [0.717, 1.165) is 5.75 Å². The molecule has 6 nitrogen and oxygen atoms in total. The van der Waals surface area contributed by atoms with Crippen LogP contribution in [0.3, 0.4) is 0 Å². The Bertz CT molecular complexity index is 280.